The lowest BCUT2D eigenvalue weighted by Crippen LogP contribution is -2.05. The molecule has 2 rings (SSSR count). The molecule has 1 aromatic heterocycles. The largest absolute Gasteiger partial charge is 0.487 e. The Morgan fingerprint density at radius 2 is 2.10 bits per heavy atom. The zero-order valence-corrected chi connectivity index (χ0v) is 11.8. The Labute approximate surface area is 117 Å². The minimum atomic E-state index is -1.03. The molecule has 1 N–H and O–H groups in total. The second-order valence-corrected chi connectivity index (χ2v) is 4.93. The molecular weight excluding hydrogens is 256 g/mol. The van der Waals surface area contributed by atoms with Gasteiger partial charge in [0, 0.05) is 7.05 Å². The minimum Gasteiger partial charge on any atom is -0.487 e. The van der Waals surface area contributed by atoms with E-state index in [-0.39, 0.29) is 5.69 Å². The summed E-state index contributed by atoms with van der Waals surface area (Å²) in [4.78, 5) is 10.9. The Morgan fingerprint density at radius 3 is 2.70 bits per heavy atom. The van der Waals surface area contributed by atoms with Gasteiger partial charge in [-0.25, -0.2) is 4.79 Å². The van der Waals surface area contributed by atoms with Gasteiger partial charge in [0.05, 0.1) is 5.69 Å². The molecule has 0 aliphatic rings. The van der Waals surface area contributed by atoms with Crippen LogP contribution in [0.15, 0.2) is 30.3 Å². The second-order valence-electron chi connectivity index (χ2n) is 4.93. The molecule has 0 radical (unpaired) electrons. The number of aromatic nitrogens is 2. The molecule has 0 aliphatic carbocycles. The molecule has 5 nitrogen and oxygen atoms in total. The van der Waals surface area contributed by atoms with Gasteiger partial charge in [-0.2, -0.15) is 5.10 Å². The summed E-state index contributed by atoms with van der Waals surface area (Å²) < 4.78 is 7.33. The van der Waals surface area contributed by atoms with Crippen LogP contribution >= 0.6 is 0 Å². The number of ether oxygens (including phenoxy) is 1. The average Bonchev–Trinajstić information content (AvgIpc) is 2.78. The third-order valence-electron chi connectivity index (χ3n) is 3.11. The van der Waals surface area contributed by atoms with Crippen LogP contribution in [-0.2, 0) is 13.7 Å². The van der Waals surface area contributed by atoms with Crippen molar-refractivity contribution in [3.05, 3.63) is 47.3 Å². The molecule has 0 amide bonds. The van der Waals surface area contributed by atoms with Crippen LogP contribution in [0.4, 0.5) is 0 Å². The SMILES string of the molecule is CC(C)c1ccccc1OCc1cc(C(=O)O)nn1C. The van der Waals surface area contributed by atoms with Gasteiger partial charge in [0.15, 0.2) is 5.69 Å². The van der Waals surface area contributed by atoms with E-state index in [2.05, 4.69) is 18.9 Å². The molecule has 1 heterocycles. The highest BCUT2D eigenvalue weighted by Crippen LogP contribution is 2.26. The van der Waals surface area contributed by atoms with Crippen molar-refractivity contribution in [1.82, 2.24) is 9.78 Å². The van der Waals surface area contributed by atoms with Gasteiger partial charge in [-0.3, -0.25) is 4.68 Å². The first-order valence-electron chi connectivity index (χ1n) is 6.47. The van der Waals surface area contributed by atoms with E-state index in [4.69, 9.17) is 9.84 Å². The number of carboxylic acids is 1. The maximum Gasteiger partial charge on any atom is 0.356 e. The highest BCUT2D eigenvalue weighted by Gasteiger charge is 2.12. The lowest BCUT2D eigenvalue weighted by atomic mass is 10.0. The van der Waals surface area contributed by atoms with Crippen molar-refractivity contribution in [2.24, 2.45) is 7.05 Å². The molecule has 0 aliphatic heterocycles. The maximum atomic E-state index is 10.9. The zero-order chi connectivity index (χ0) is 14.7. The zero-order valence-electron chi connectivity index (χ0n) is 11.8. The van der Waals surface area contributed by atoms with Gasteiger partial charge in [0.25, 0.3) is 0 Å². The fourth-order valence-corrected chi connectivity index (χ4v) is 1.99. The van der Waals surface area contributed by atoms with Crippen molar-refractivity contribution in [2.75, 3.05) is 0 Å². The quantitative estimate of drug-likeness (QED) is 0.910. The number of para-hydroxylation sites is 1. The van der Waals surface area contributed by atoms with E-state index in [1.54, 1.807) is 7.05 Å². The summed E-state index contributed by atoms with van der Waals surface area (Å²) >= 11 is 0. The van der Waals surface area contributed by atoms with Crippen molar-refractivity contribution in [3.8, 4) is 5.75 Å². The number of aromatic carboxylic acids is 1. The van der Waals surface area contributed by atoms with E-state index < -0.39 is 5.97 Å². The number of hydrogen-bond donors (Lipinski definition) is 1. The van der Waals surface area contributed by atoms with Crippen LogP contribution in [0.5, 0.6) is 5.75 Å². The van der Waals surface area contributed by atoms with Gasteiger partial charge in [0.1, 0.15) is 12.4 Å². The summed E-state index contributed by atoms with van der Waals surface area (Å²) in [6, 6.07) is 9.39. The average molecular weight is 274 g/mol. The predicted octanol–water partition coefficient (Wildman–Crippen LogP) is 2.82. The van der Waals surface area contributed by atoms with Crippen molar-refractivity contribution >= 4 is 5.97 Å². The van der Waals surface area contributed by atoms with Gasteiger partial charge >= 0.3 is 5.97 Å². The topological polar surface area (TPSA) is 64.3 Å². The third kappa shape index (κ3) is 2.99. The van der Waals surface area contributed by atoms with Crippen molar-refractivity contribution in [1.29, 1.82) is 0 Å². The van der Waals surface area contributed by atoms with Gasteiger partial charge in [-0.05, 0) is 23.6 Å². The first-order chi connectivity index (χ1) is 9.49. The molecule has 0 spiro atoms. The summed E-state index contributed by atoms with van der Waals surface area (Å²) in [5, 5.41) is 12.8. The van der Waals surface area contributed by atoms with E-state index in [1.807, 2.05) is 24.3 Å². The summed E-state index contributed by atoms with van der Waals surface area (Å²) in [7, 11) is 1.71. The van der Waals surface area contributed by atoms with E-state index in [0.717, 1.165) is 17.0 Å². The van der Waals surface area contributed by atoms with Crippen LogP contribution in [-0.4, -0.2) is 20.9 Å². The normalized spacial score (nSPS) is 10.8. The van der Waals surface area contributed by atoms with E-state index in [0.29, 0.717) is 12.5 Å². The molecular formula is C15H18N2O3. The second kappa shape index (κ2) is 5.77. The molecule has 0 atom stereocenters. The van der Waals surface area contributed by atoms with Gasteiger partial charge in [-0.1, -0.05) is 32.0 Å². The van der Waals surface area contributed by atoms with E-state index in [9.17, 15) is 4.79 Å². The van der Waals surface area contributed by atoms with Gasteiger partial charge in [0.2, 0.25) is 0 Å². The molecule has 0 bridgehead atoms. The smallest absolute Gasteiger partial charge is 0.356 e. The summed E-state index contributed by atoms with van der Waals surface area (Å²) in [5.74, 6) is 0.155. The van der Waals surface area contributed by atoms with Crippen LogP contribution in [0, 0.1) is 0 Å². The summed E-state index contributed by atoms with van der Waals surface area (Å²) in [6.07, 6.45) is 0. The van der Waals surface area contributed by atoms with Crippen LogP contribution in [0.25, 0.3) is 0 Å². The number of carbonyl (C=O) groups is 1. The number of rotatable bonds is 5. The number of hydrogen-bond acceptors (Lipinski definition) is 3. The molecule has 0 saturated carbocycles. The van der Waals surface area contributed by atoms with Crippen molar-refractivity contribution in [3.63, 3.8) is 0 Å². The highest BCUT2D eigenvalue weighted by molar-refractivity contribution is 5.85. The minimum absolute atomic E-state index is 0.0308. The molecule has 106 valence electrons. The van der Waals surface area contributed by atoms with Crippen molar-refractivity contribution < 1.29 is 14.6 Å². The van der Waals surface area contributed by atoms with Crippen LogP contribution in [0.3, 0.4) is 0 Å². The van der Waals surface area contributed by atoms with Crippen LogP contribution < -0.4 is 4.74 Å². The lowest BCUT2D eigenvalue weighted by Gasteiger charge is -2.13. The fourth-order valence-electron chi connectivity index (χ4n) is 1.99. The van der Waals surface area contributed by atoms with Gasteiger partial charge in [-0.15, -0.1) is 0 Å². The summed E-state index contributed by atoms with van der Waals surface area (Å²) in [6.45, 7) is 4.50. The predicted molar refractivity (Wildman–Crippen MR) is 75.0 cm³/mol. The Hall–Kier alpha value is -2.30. The first kappa shape index (κ1) is 14.1. The van der Waals surface area contributed by atoms with Crippen molar-refractivity contribution in [2.45, 2.75) is 26.4 Å². The number of aryl methyl sites for hydroxylation is 1. The number of nitrogens with zero attached hydrogens (tertiary/aromatic N) is 2. The molecule has 5 heteroatoms. The summed E-state index contributed by atoms with van der Waals surface area (Å²) in [5.41, 5.74) is 1.89. The maximum absolute atomic E-state index is 10.9. The standard InChI is InChI=1S/C15H18N2O3/c1-10(2)12-6-4-5-7-14(12)20-9-11-8-13(15(18)19)16-17(11)3/h4-8,10H,9H2,1-3H3,(H,18,19). The lowest BCUT2D eigenvalue weighted by molar-refractivity contribution is 0.0689. The first-order valence-corrected chi connectivity index (χ1v) is 6.47. The molecule has 0 unspecified atom stereocenters. The monoisotopic (exact) mass is 274 g/mol. The van der Waals surface area contributed by atoms with E-state index in [1.165, 1.54) is 10.7 Å². The number of carboxylic acid groups (broad SMARTS) is 1. The molecule has 0 fully saturated rings. The Balaban J connectivity index is 2.15. The Morgan fingerprint density at radius 1 is 1.40 bits per heavy atom. The molecule has 20 heavy (non-hydrogen) atoms. The van der Waals surface area contributed by atoms with Gasteiger partial charge < -0.3 is 9.84 Å². The van der Waals surface area contributed by atoms with E-state index >= 15 is 0 Å². The highest BCUT2D eigenvalue weighted by atomic mass is 16.5. The number of benzene rings is 1. The molecule has 0 saturated heterocycles. The van der Waals surface area contributed by atoms with Crippen LogP contribution in [0.2, 0.25) is 0 Å². The van der Waals surface area contributed by atoms with Crippen LogP contribution in [0.1, 0.15) is 41.5 Å². The third-order valence-corrected chi connectivity index (χ3v) is 3.11. The Kier molecular flexibility index (Phi) is 4.08. The molecule has 2 aromatic rings. The Bertz CT molecular complexity index is 617. The fraction of sp³-hybridized carbons (Fsp3) is 0.333. The molecule has 1 aromatic carbocycles.